The SMILES string of the molecule is CC(C)(N)Cc1ccccc1-c1csc(N)n1. The summed E-state index contributed by atoms with van der Waals surface area (Å²) in [5.74, 6) is 0. The van der Waals surface area contributed by atoms with Crippen molar-refractivity contribution in [2.45, 2.75) is 25.8 Å². The van der Waals surface area contributed by atoms with Crippen molar-refractivity contribution in [3.05, 3.63) is 35.2 Å². The summed E-state index contributed by atoms with van der Waals surface area (Å²) in [6.45, 7) is 4.05. The van der Waals surface area contributed by atoms with E-state index in [-0.39, 0.29) is 5.54 Å². The Kier molecular flexibility index (Phi) is 3.17. The molecular weight excluding hydrogens is 230 g/mol. The van der Waals surface area contributed by atoms with Crippen LogP contribution in [0.4, 0.5) is 5.13 Å². The zero-order valence-electron chi connectivity index (χ0n) is 10.1. The number of benzene rings is 1. The maximum absolute atomic E-state index is 6.08. The molecule has 2 rings (SSSR count). The van der Waals surface area contributed by atoms with Crippen LogP contribution in [0.5, 0.6) is 0 Å². The lowest BCUT2D eigenvalue weighted by molar-refractivity contribution is 0.517. The molecule has 2 aromatic rings. The molecule has 1 aromatic heterocycles. The number of anilines is 1. The quantitative estimate of drug-likeness (QED) is 0.876. The third-order valence-electron chi connectivity index (χ3n) is 2.46. The summed E-state index contributed by atoms with van der Waals surface area (Å²) in [4.78, 5) is 4.33. The largest absolute Gasteiger partial charge is 0.375 e. The normalized spacial score (nSPS) is 11.7. The van der Waals surface area contributed by atoms with Gasteiger partial charge in [0.1, 0.15) is 0 Å². The van der Waals surface area contributed by atoms with Crippen molar-refractivity contribution in [2.24, 2.45) is 5.73 Å². The van der Waals surface area contributed by atoms with Crippen molar-refractivity contribution in [1.29, 1.82) is 0 Å². The predicted molar refractivity (Wildman–Crippen MR) is 73.9 cm³/mol. The lowest BCUT2D eigenvalue weighted by Gasteiger charge is -2.20. The van der Waals surface area contributed by atoms with E-state index in [1.54, 1.807) is 0 Å². The van der Waals surface area contributed by atoms with E-state index in [0.29, 0.717) is 5.13 Å². The molecule has 0 spiro atoms. The van der Waals surface area contributed by atoms with Crippen molar-refractivity contribution in [3.8, 4) is 11.3 Å². The predicted octanol–water partition coefficient (Wildman–Crippen LogP) is 2.67. The number of aromatic nitrogens is 1. The third kappa shape index (κ3) is 3.05. The number of hydrogen-bond donors (Lipinski definition) is 2. The Bertz CT molecular complexity index is 511. The molecule has 1 heterocycles. The van der Waals surface area contributed by atoms with Gasteiger partial charge in [0.15, 0.2) is 5.13 Å². The molecule has 0 aliphatic carbocycles. The van der Waals surface area contributed by atoms with Crippen molar-refractivity contribution in [2.75, 3.05) is 5.73 Å². The molecule has 4 N–H and O–H groups in total. The Hall–Kier alpha value is -1.39. The Labute approximate surface area is 105 Å². The summed E-state index contributed by atoms with van der Waals surface area (Å²) < 4.78 is 0. The second-order valence-corrected chi connectivity index (χ2v) is 5.78. The molecule has 0 saturated heterocycles. The van der Waals surface area contributed by atoms with E-state index < -0.39 is 0 Å². The van der Waals surface area contributed by atoms with Crippen LogP contribution >= 0.6 is 11.3 Å². The first-order valence-corrected chi connectivity index (χ1v) is 6.42. The first kappa shape index (κ1) is 12.1. The lowest BCUT2D eigenvalue weighted by Crippen LogP contribution is -2.34. The van der Waals surface area contributed by atoms with E-state index in [2.05, 4.69) is 17.1 Å². The highest BCUT2D eigenvalue weighted by Crippen LogP contribution is 2.28. The summed E-state index contributed by atoms with van der Waals surface area (Å²) in [6.07, 6.45) is 0.820. The highest BCUT2D eigenvalue weighted by Gasteiger charge is 2.15. The Morgan fingerprint density at radius 2 is 2.00 bits per heavy atom. The molecule has 17 heavy (non-hydrogen) atoms. The van der Waals surface area contributed by atoms with Crippen LogP contribution in [0.3, 0.4) is 0 Å². The van der Waals surface area contributed by atoms with Gasteiger partial charge < -0.3 is 11.5 Å². The summed E-state index contributed by atoms with van der Waals surface area (Å²) in [5.41, 5.74) is 14.8. The minimum Gasteiger partial charge on any atom is -0.375 e. The summed E-state index contributed by atoms with van der Waals surface area (Å²) in [5, 5.41) is 2.58. The molecule has 90 valence electrons. The Balaban J connectivity index is 2.41. The van der Waals surface area contributed by atoms with Gasteiger partial charge in [-0.25, -0.2) is 4.98 Å². The van der Waals surface area contributed by atoms with Gasteiger partial charge in [-0.1, -0.05) is 24.3 Å². The minimum atomic E-state index is -0.225. The summed E-state index contributed by atoms with van der Waals surface area (Å²) >= 11 is 1.46. The average molecular weight is 247 g/mol. The van der Waals surface area contributed by atoms with Crippen LogP contribution in [0.15, 0.2) is 29.6 Å². The fraction of sp³-hybridized carbons (Fsp3) is 0.308. The molecule has 0 fully saturated rings. The van der Waals surface area contributed by atoms with E-state index in [4.69, 9.17) is 11.5 Å². The number of nitrogens with two attached hydrogens (primary N) is 2. The van der Waals surface area contributed by atoms with Gasteiger partial charge >= 0.3 is 0 Å². The van der Waals surface area contributed by atoms with Crippen molar-refractivity contribution in [1.82, 2.24) is 4.98 Å². The van der Waals surface area contributed by atoms with E-state index in [1.165, 1.54) is 16.9 Å². The van der Waals surface area contributed by atoms with Crippen LogP contribution < -0.4 is 11.5 Å². The topological polar surface area (TPSA) is 64.9 Å². The maximum Gasteiger partial charge on any atom is 0.180 e. The van der Waals surface area contributed by atoms with Gasteiger partial charge in [-0.15, -0.1) is 11.3 Å². The molecule has 0 unspecified atom stereocenters. The highest BCUT2D eigenvalue weighted by molar-refractivity contribution is 7.13. The first-order valence-electron chi connectivity index (χ1n) is 5.54. The van der Waals surface area contributed by atoms with Crippen molar-refractivity contribution in [3.63, 3.8) is 0 Å². The van der Waals surface area contributed by atoms with Gasteiger partial charge in [0, 0.05) is 16.5 Å². The number of hydrogen-bond acceptors (Lipinski definition) is 4. The van der Waals surface area contributed by atoms with Crippen LogP contribution in [-0.2, 0) is 6.42 Å². The first-order chi connectivity index (χ1) is 7.96. The minimum absolute atomic E-state index is 0.225. The van der Waals surface area contributed by atoms with Crippen molar-refractivity contribution >= 4 is 16.5 Å². The van der Waals surface area contributed by atoms with Crippen LogP contribution in [0.2, 0.25) is 0 Å². The number of nitrogen functional groups attached to an aromatic ring is 1. The molecule has 3 nitrogen and oxygen atoms in total. The van der Waals surface area contributed by atoms with E-state index in [0.717, 1.165) is 17.7 Å². The van der Waals surface area contributed by atoms with Crippen LogP contribution in [-0.4, -0.2) is 10.5 Å². The number of thiazole rings is 1. The molecule has 0 aliphatic heterocycles. The molecule has 0 aliphatic rings. The Morgan fingerprint density at radius 1 is 1.29 bits per heavy atom. The standard InChI is InChI=1S/C13H17N3S/c1-13(2,15)7-9-5-3-4-6-10(9)11-8-17-12(14)16-11/h3-6,8H,7,15H2,1-2H3,(H2,14,16). The van der Waals surface area contributed by atoms with Gasteiger partial charge in [0.25, 0.3) is 0 Å². The van der Waals surface area contributed by atoms with E-state index in [1.807, 2.05) is 31.4 Å². The second-order valence-electron chi connectivity index (χ2n) is 4.89. The van der Waals surface area contributed by atoms with Crippen LogP contribution in [0.25, 0.3) is 11.3 Å². The van der Waals surface area contributed by atoms with E-state index >= 15 is 0 Å². The fourth-order valence-electron chi connectivity index (χ4n) is 1.83. The fourth-order valence-corrected chi connectivity index (χ4v) is 2.39. The summed E-state index contributed by atoms with van der Waals surface area (Å²) in [6, 6.07) is 8.20. The maximum atomic E-state index is 6.08. The molecule has 0 bridgehead atoms. The van der Waals surface area contributed by atoms with Gasteiger partial charge in [-0.05, 0) is 25.8 Å². The molecule has 0 amide bonds. The molecule has 1 aromatic carbocycles. The van der Waals surface area contributed by atoms with Gasteiger partial charge in [0.05, 0.1) is 5.69 Å². The average Bonchev–Trinajstić information content (AvgIpc) is 2.63. The Morgan fingerprint density at radius 3 is 2.59 bits per heavy atom. The van der Waals surface area contributed by atoms with Gasteiger partial charge in [-0.2, -0.15) is 0 Å². The molecule has 0 radical (unpaired) electrons. The molecule has 4 heteroatoms. The lowest BCUT2D eigenvalue weighted by atomic mass is 9.92. The summed E-state index contributed by atoms with van der Waals surface area (Å²) in [7, 11) is 0. The second kappa shape index (κ2) is 4.47. The smallest absolute Gasteiger partial charge is 0.180 e. The number of rotatable bonds is 3. The van der Waals surface area contributed by atoms with Crippen molar-refractivity contribution < 1.29 is 0 Å². The molecular formula is C13H17N3S. The molecule has 0 saturated carbocycles. The molecule has 0 atom stereocenters. The van der Waals surface area contributed by atoms with Crippen LogP contribution in [0.1, 0.15) is 19.4 Å². The zero-order chi connectivity index (χ0) is 12.5. The van der Waals surface area contributed by atoms with Gasteiger partial charge in [0.2, 0.25) is 0 Å². The van der Waals surface area contributed by atoms with Crippen LogP contribution in [0, 0.1) is 0 Å². The monoisotopic (exact) mass is 247 g/mol. The third-order valence-corrected chi connectivity index (χ3v) is 3.14. The van der Waals surface area contributed by atoms with Gasteiger partial charge in [-0.3, -0.25) is 0 Å². The number of nitrogens with zero attached hydrogens (tertiary/aromatic N) is 1. The van der Waals surface area contributed by atoms with E-state index in [9.17, 15) is 0 Å². The highest BCUT2D eigenvalue weighted by atomic mass is 32.1. The zero-order valence-corrected chi connectivity index (χ0v) is 10.9.